The number of rotatable bonds is 7. The van der Waals surface area contributed by atoms with Gasteiger partial charge in [0.15, 0.2) is 17.9 Å². The van der Waals surface area contributed by atoms with E-state index in [-0.39, 0.29) is 31.8 Å². The van der Waals surface area contributed by atoms with Gasteiger partial charge in [-0.05, 0) is 27.7 Å². The lowest BCUT2D eigenvalue weighted by Crippen LogP contribution is -2.60. The van der Waals surface area contributed by atoms with Crippen molar-refractivity contribution in [3.63, 3.8) is 0 Å². The maximum absolute atomic E-state index is 11.0. The summed E-state index contributed by atoms with van der Waals surface area (Å²) < 4.78 is 53.1. The first-order valence-electron chi connectivity index (χ1n) is 11.9. The Morgan fingerprint density at radius 1 is 0.941 bits per heavy atom. The van der Waals surface area contributed by atoms with E-state index >= 15 is 0 Å². The smallest absolute Gasteiger partial charge is 0.186 e. The molecule has 0 bridgehead atoms. The quantitative estimate of drug-likeness (QED) is 0.383. The molecule has 0 aromatic carbocycles. The van der Waals surface area contributed by atoms with E-state index in [1.165, 1.54) is 0 Å². The predicted molar refractivity (Wildman–Crippen MR) is 116 cm³/mol. The summed E-state index contributed by atoms with van der Waals surface area (Å²) in [4.78, 5) is 0. The number of hydrogen-bond donors (Lipinski definition) is 3. The summed E-state index contributed by atoms with van der Waals surface area (Å²) >= 11 is 0. The van der Waals surface area contributed by atoms with Crippen LogP contribution in [0.15, 0.2) is 0 Å². The Balaban J connectivity index is 1.47. The zero-order valence-electron chi connectivity index (χ0n) is 20.6. The SMILES string of the molecule is COCC1OC(OCC2COC(C)(C)OC3C2COC(N)C3OCN)C(O)C2OC(C)(C)OC12. The minimum absolute atomic E-state index is 0.0132. The second-order valence-electron chi connectivity index (χ2n) is 10.2. The Hall–Kier alpha value is -0.480. The molecule has 10 unspecified atom stereocenters. The molecule has 0 spiro atoms. The molecule has 0 aromatic heterocycles. The van der Waals surface area contributed by atoms with Crippen LogP contribution in [0.3, 0.4) is 0 Å². The molecule has 12 heteroatoms. The molecule has 0 aliphatic carbocycles. The molecule has 198 valence electrons. The van der Waals surface area contributed by atoms with E-state index < -0.39 is 60.7 Å². The van der Waals surface area contributed by atoms with Crippen LogP contribution in [-0.4, -0.2) is 106 Å². The first-order chi connectivity index (χ1) is 16.0. The summed E-state index contributed by atoms with van der Waals surface area (Å²) in [6.45, 7) is 8.47. The lowest BCUT2D eigenvalue weighted by atomic mass is 9.84. The zero-order valence-corrected chi connectivity index (χ0v) is 20.6. The van der Waals surface area contributed by atoms with Gasteiger partial charge < -0.3 is 59.2 Å². The van der Waals surface area contributed by atoms with Crippen LogP contribution in [0.4, 0.5) is 0 Å². The third-order valence-corrected chi connectivity index (χ3v) is 6.77. The van der Waals surface area contributed by atoms with Crippen molar-refractivity contribution in [1.29, 1.82) is 0 Å². The van der Waals surface area contributed by atoms with Gasteiger partial charge in [-0.3, -0.25) is 0 Å². The van der Waals surface area contributed by atoms with Crippen molar-refractivity contribution in [3.8, 4) is 0 Å². The van der Waals surface area contributed by atoms with Crippen molar-refractivity contribution in [2.75, 3.05) is 40.3 Å². The highest BCUT2D eigenvalue weighted by Gasteiger charge is 2.56. The summed E-state index contributed by atoms with van der Waals surface area (Å²) in [7, 11) is 1.58. The molecule has 4 rings (SSSR count). The molecule has 4 aliphatic heterocycles. The number of aliphatic hydroxyl groups is 1. The first kappa shape index (κ1) is 26.6. The van der Waals surface area contributed by atoms with E-state index in [1.807, 2.05) is 13.8 Å². The van der Waals surface area contributed by atoms with Crippen molar-refractivity contribution in [1.82, 2.24) is 0 Å². The molecule has 10 atom stereocenters. The highest BCUT2D eigenvalue weighted by atomic mass is 16.8. The third kappa shape index (κ3) is 5.58. The number of ether oxygens (including phenoxy) is 9. The van der Waals surface area contributed by atoms with Gasteiger partial charge >= 0.3 is 0 Å². The van der Waals surface area contributed by atoms with Gasteiger partial charge in [0.05, 0.1) is 39.3 Å². The molecular weight excluding hydrogens is 452 g/mol. The highest BCUT2D eigenvalue weighted by Crippen LogP contribution is 2.39. The molecule has 0 saturated carbocycles. The first-order valence-corrected chi connectivity index (χ1v) is 11.9. The Morgan fingerprint density at radius 3 is 2.35 bits per heavy atom. The molecule has 4 heterocycles. The lowest BCUT2D eigenvalue weighted by molar-refractivity contribution is -0.289. The van der Waals surface area contributed by atoms with E-state index in [0.29, 0.717) is 13.2 Å². The van der Waals surface area contributed by atoms with Gasteiger partial charge in [-0.15, -0.1) is 0 Å². The molecule has 4 aliphatic rings. The standard InChI is InChI=1S/C22H40N2O10/c1-21(2)30-7-11(12-8-27-19(24)18(29-10-23)15(12)32-21)6-28-20-14(25)17-16(13(31-20)9-26-5)33-22(3,4)34-17/h11-20,25H,6-10,23-24H2,1-5H3. The predicted octanol–water partition coefficient (Wildman–Crippen LogP) is -0.744. The fourth-order valence-electron chi connectivity index (χ4n) is 5.18. The average molecular weight is 493 g/mol. The van der Waals surface area contributed by atoms with Crippen molar-refractivity contribution in [2.24, 2.45) is 23.3 Å². The summed E-state index contributed by atoms with van der Waals surface area (Å²) in [6, 6.07) is 0. The van der Waals surface area contributed by atoms with Gasteiger partial charge in [-0.25, -0.2) is 0 Å². The number of hydrogen-bond acceptors (Lipinski definition) is 12. The van der Waals surface area contributed by atoms with Crippen molar-refractivity contribution in [3.05, 3.63) is 0 Å². The largest absolute Gasteiger partial charge is 0.385 e. The number of fused-ring (bicyclic) bond motifs is 2. The van der Waals surface area contributed by atoms with Gasteiger partial charge in [-0.2, -0.15) is 0 Å². The number of aliphatic hydroxyl groups excluding tert-OH is 1. The minimum Gasteiger partial charge on any atom is -0.385 e. The maximum Gasteiger partial charge on any atom is 0.186 e. The van der Waals surface area contributed by atoms with E-state index in [1.54, 1.807) is 21.0 Å². The zero-order chi connectivity index (χ0) is 24.7. The molecule has 5 N–H and O–H groups in total. The Labute approximate surface area is 200 Å². The lowest BCUT2D eigenvalue weighted by Gasteiger charge is -2.44. The highest BCUT2D eigenvalue weighted by molar-refractivity contribution is 4.97. The van der Waals surface area contributed by atoms with Crippen LogP contribution < -0.4 is 11.5 Å². The molecular formula is C22H40N2O10. The summed E-state index contributed by atoms with van der Waals surface area (Å²) in [5.74, 6) is -1.98. The van der Waals surface area contributed by atoms with E-state index in [0.717, 1.165) is 0 Å². The molecule has 0 aromatic rings. The second kappa shape index (κ2) is 10.5. The van der Waals surface area contributed by atoms with E-state index in [2.05, 4.69) is 0 Å². The van der Waals surface area contributed by atoms with Crippen LogP contribution in [0, 0.1) is 11.8 Å². The van der Waals surface area contributed by atoms with E-state index in [4.69, 9.17) is 54.1 Å². The summed E-state index contributed by atoms with van der Waals surface area (Å²) in [5.41, 5.74) is 11.8. The third-order valence-electron chi connectivity index (χ3n) is 6.77. The molecule has 34 heavy (non-hydrogen) atoms. The molecule has 0 amide bonds. The molecule has 4 fully saturated rings. The summed E-state index contributed by atoms with van der Waals surface area (Å²) in [5, 5.41) is 11.0. The fraction of sp³-hybridized carbons (Fsp3) is 1.00. The van der Waals surface area contributed by atoms with Crippen LogP contribution in [0.1, 0.15) is 27.7 Å². The number of nitrogens with two attached hydrogens (primary N) is 2. The maximum atomic E-state index is 11.0. The Morgan fingerprint density at radius 2 is 1.65 bits per heavy atom. The van der Waals surface area contributed by atoms with E-state index in [9.17, 15) is 5.11 Å². The monoisotopic (exact) mass is 492 g/mol. The van der Waals surface area contributed by atoms with Gasteiger partial charge in [0.1, 0.15) is 36.7 Å². The number of methoxy groups -OCH3 is 1. The van der Waals surface area contributed by atoms with Crippen LogP contribution in [0.25, 0.3) is 0 Å². The Kier molecular flexibility index (Phi) is 8.19. The van der Waals surface area contributed by atoms with Crippen LogP contribution in [-0.2, 0) is 42.6 Å². The average Bonchev–Trinajstić information content (AvgIpc) is 3.03. The fourth-order valence-corrected chi connectivity index (χ4v) is 5.18. The van der Waals surface area contributed by atoms with Crippen molar-refractivity contribution in [2.45, 2.75) is 88.4 Å². The summed E-state index contributed by atoms with van der Waals surface area (Å²) in [6.07, 6.45) is -5.13. The van der Waals surface area contributed by atoms with Gasteiger partial charge in [0.2, 0.25) is 0 Å². The van der Waals surface area contributed by atoms with Gasteiger partial charge in [0.25, 0.3) is 0 Å². The van der Waals surface area contributed by atoms with Crippen molar-refractivity contribution >= 4 is 0 Å². The van der Waals surface area contributed by atoms with Crippen LogP contribution in [0.5, 0.6) is 0 Å². The Bertz CT molecular complexity index is 682. The topological polar surface area (TPSA) is 155 Å². The molecule has 4 saturated heterocycles. The molecule has 0 radical (unpaired) electrons. The van der Waals surface area contributed by atoms with Crippen LogP contribution >= 0.6 is 0 Å². The van der Waals surface area contributed by atoms with Crippen molar-refractivity contribution < 1.29 is 47.7 Å². The van der Waals surface area contributed by atoms with Gasteiger partial charge in [0, 0.05) is 18.9 Å². The second-order valence-corrected chi connectivity index (χ2v) is 10.2. The minimum atomic E-state index is -1.04. The van der Waals surface area contributed by atoms with Crippen LogP contribution in [0.2, 0.25) is 0 Å². The normalized spacial score (nSPS) is 45.9. The molecule has 12 nitrogen and oxygen atoms in total. The van der Waals surface area contributed by atoms with Gasteiger partial charge in [-0.1, -0.05) is 0 Å².